The summed E-state index contributed by atoms with van der Waals surface area (Å²) in [7, 11) is 0. The smallest absolute Gasteiger partial charge is 0.0771 e. The van der Waals surface area contributed by atoms with E-state index in [-0.39, 0.29) is 6.04 Å². The third-order valence-corrected chi connectivity index (χ3v) is 2.42. The summed E-state index contributed by atoms with van der Waals surface area (Å²) in [5.74, 6) is 0. The maximum absolute atomic E-state index is 5.87. The normalized spacial score (nSPS) is 18.6. The molecule has 0 bridgehead atoms. The van der Waals surface area contributed by atoms with Gasteiger partial charge in [0.05, 0.1) is 5.69 Å². The molecular formula is C12H14N2. The van der Waals surface area contributed by atoms with Crippen molar-refractivity contribution in [3.63, 3.8) is 0 Å². The Balaban J connectivity index is 2.35. The molecule has 1 atom stereocenters. The highest BCUT2D eigenvalue weighted by Gasteiger charge is 2.11. The van der Waals surface area contributed by atoms with Crippen molar-refractivity contribution in [3.05, 3.63) is 41.7 Å². The summed E-state index contributed by atoms with van der Waals surface area (Å²) in [6.45, 7) is 2.08. The Labute approximate surface area is 84.2 Å². The zero-order valence-electron chi connectivity index (χ0n) is 8.27. The Morgan fingerprint density at radius 3 is 3.14 bits per heavy atom. The average Bonchev–Trinajstić information content (AvgIpc) is 2.62. The second-order valence-corrected chi connectivity index (χ2v) is 3.47. The predicted molar refractivity (Wildman–Crippen MR) is 59.5 cm³/mol. The number of nitrogens with two attached hydrogens (primary N) is 1. The summed E-state index contributed by atoms with van der Waals surface area (Å²) in [4.78, 5) is 4.34. The Morgan fingerprint density at radius 1 is 1.50 bits per heavy atom. The van der Waals surface area contributed by atoms with Crippen LogP contribution >= 0.6 is 0 Å². The molecule has 1 aliphatic carbocycles. The number of fused-ring (bicyclic) bond motifs is 1. The van der Waals surface area contributed by atoms with Crippen molar-refractivity contribution in [2.24, 2.45) is 5.73 Å². The summed E-state index contributed by atoms with van der Waals surface area (Å²) in [6, 6.07) is 4.14. The molecule has 0 fully saturated rings. The van der Waals surface area contributed by atoms with Crippen LogP contribution in [0.25, 0.3) is 11.6 Å². The number of hydrogen-bond acceptors (Lipinski definition) is 2. The van der Waals surface area contributed by atoms with Gasteiger partial charge in [-0.1, -0.05) is 31.2 Å². The molecule has 72 valence electrons. The van der Waals surface area contributed by atoms with E-state index in [1.54, 1.807) is 0 Å². The molecule has 0 saturated heterocycles. The van der Waals surface area contributed by atoms with E-state index >= 15 is 0 Å². The highest BCUT2D eigenvalue weighted by molar-refractivity contribution is 5.88. The van der Waals surface area contributed by atoms with Gasteiger partial charge >= 0.3 is 0 Å². The first-order valence-electron chi connectivity index (χ1n) is 4.92. The van der Waals surface area contributed by atoms with E-state index in [0.717, 1.165) is 17.7 Å². The number of rotatable bonds is 2. The molecule has 2 nitrogen and oxygen atoms in total. The van der Waals surface area contributed by atoms with Gasteiger partial charge in [0.25, 0.3) is 0 Å². The van der Waals surface area contributed by atoms with Gasteiger partial charge < -0.3 is 5.73 Å². The molecule has 2 heteroatoms. The lowest BCUT2D eigenvalue weighted by Gasteiger charge is -2.04. The molecule has 0 aromatic carbocycles. The average molecular weight is 186 g/mol. The van der Waals surface area contributed by atoms with Crippen LogP contribution in [0.5, 0.6) is 0 Å². The van der Waals surface area contributed by atoms with Crippen LogP contribution in [0.4, 0.5) is 0 Å². The van der Waals surface area contributed by atoms with E-state index in [4.69, 9.17) is 5.73 Å². The van der Waals surface area contributed by atoms with Gasteiger partial charge in [0, 0.05) is 17.8 Å². The number of aromatic nitrogens is 1. The van der Waals surface area contributed by atoms with Crippen LogP contribution < -0.4 is 5.73 Å². The van der Waals surface area contributed by atoms with Gasteiger partial charge in [-0.3, -0.25) is 4.98 Å². The summed E-state index contributed by atoms with van der Waals surface area (Å²) < 4.78 is 0. The van der Waals surface area contributed by atoms with Crippen molar-refractivity contribution in [3.8, 4) is 0 Å². The van der Waals surface area contributed by atoms with Gasteiger partial charge in [-0.15, -0.1) is 0 Å². The van der Waals surface area contributed by atoms with E-state index in [0.29, 0.717) is 0 Å². The van der Waals surface area contributed by atoms with Gasteiger partial charge in [0.15, 0.2) is 0 Å². The fraction of sp³-hybridized carbons (Fsp3) is 0.250. The van der Waals surface area contributed by atoms with E-state index in [1.807, 2.05) is 12.3 Å². The van der Waals surface area contributed by atoms with E-state index in [9.17, 15) is 0 Å². The highest BCUT2D eigenvalue weighted by Crippen LogP contribution is 2.26. The van der Waals surface area contributed by atoms with Crippen molar-refractivity contribution in [1.29, 1.82) is 0 Å². The maximum Gasteiger partial charge on any atom is 0.0771 e. The Morgan fingerprint density at radius 2 is 2.36 bits per heavy atom. The Bertz CT molecular complexity index is 391. The zero-order valence-corrected chi connectivity index (χ0v) is 8.27. The zero-order chi connectivity index (χ0) is 9.97. The van der Waals surface area contributed by atoms with Crippen LogP contribution in [0.1, 0.15) is 24.6 Å². The number of allylic oxidation sites excluding steroid dienone is 2. The van der Waals surface area contributed by atoms with Crippen molar-refractivity contribution in [1.82, 2.24) is 4.98 Å². The maximum atomic E-state index is 5.87. The second kappa shape index (κ2) is 3.76. The van der Waals surface area contributed by atoms with E-state index in [1.165, 1.54) is 5.56 Å². The fourth-order valence-electron chi connectivity index (χ4n) is 1.53. The van der Waals surface area contributed by atoms with Crippen LogP contribution in [-0.2, 0) is 0 Å². The molecule has 0 spiro atoms. The Kier molecular flexibility index (Phi) is 2.46. The van der Waals surface area contributed by atoms with Gasteiger partial charge in [-0.05, 0) is 18.1 Å². The highest BCUT2D eigenvalue weighted by atomic mass is 14.7. The van der Waals surface area contributed by atoms with Crippen molar-refractivity contribution >= 4 is 11.6 Å². The lowest BCUT2D eigenvalue weighted by molar-refractivity contribution is 0.784. The van der Waals surface area contributed by atoms with Crippen molar-refractivity contribution in [2.45, 2.75) is 19.4 Å². The molecule has 1 aromatic rings. The quantitative estimate of drug-likeness (QED) is 0.769. The summed E-state index contributed by atoms with van der Waals surface area (Å²) in [5, 5.41) is 0. The van der Waals surface area contributed by atoms with Gasteiger partial charge in [0.1, 0.15) is 0 Å². The van der Waals surface area contributed by atoms with Crippen LogP contribution in [0, 0.1) is 0 Å². The minimum atomic E-state index is 0.127. The molecule has 0 aliphatic heterocycles. The monoisotopic (exact) mass is 186 g/mol. The third-order valence-electron chi connectivity index (χ3n) is 2.42. The number of hydrogen-bond donors (Lipinski definition) is 1. The second-order valence-electron chi connectivity index (χ2n) is 3.47. The topological polar surface area (TPSA) is 38.9 Å². The molecule has 0 radical (unpaired) electrons. The van der Waals surface area contributed by atoms with Crippen LogP contribution in [-0.4, -0.2) is 11.0 Å². The fourth-order valence-corrected chi connectivity index (χ4v) is 1.53. The molecular weight excluding hydrogens is 172 g/mol. The van der Waals surface area contributed by atoms with Gasteiger partial charge in [-0.25, -0.2) is 0 Å². The van der Waals surface area contributed by atoms with Crippen molar-refractivity contribution < 1.29 is 0 Å². The molecule has 1 heterocycles. The summed E-state index contributed by atoms with van der Waals surface area (Å²) >= 11 is 0. The van der Waals surface area contributed by atoms with Crippen molar-refractivity contribution in [2.75, 3.05) is 0 Å². The summed E-state index contributed by atoms with van der Waals surface area (Å²) in [5.41, 5.74) is 9.25. The third kappa shape index (κ3) is 1.61. The van der Waals surface area contributed by atoms with Gasteiger partial charge in [0.2, 0.25) is 0 Å². The van der Waals surface area contributed by atoms with Crippen LogP contribution in [0.3, 0.4) is 0 Å². The largest absolute Gasteiger partial charge is 0.324 e. The molecule has 0 amide bonds. The van der Waals surface area contributed by atoms with E-state index in [2.05, 4.69) is 36.2 Å². The first-order chi connectivity index (χ1) is 6.81. The van der Waals surface area contributed by atoms with Gasteiger partial charge in [-0.2, -0.15) is 0 Å². The predicted octanol–water partition coefficient (Wildman–Crippen LogP) is 2.23. The van der Waals surface area contributed by atoms with E-state index < -0.39 is 0 Å². The molecule has 14 heavy (non-hydrogen) atoms. The SMILES string of the molecule is CCC(N)/C=C1\C=Cc2cccnc21. The first kappa shape index (κ1) is 9.16. The Hall–Kier alpha value is -1.41. The standard InChI is InChI=1S/C12H14N2/c1-2-11(13)8-10-6-5-9-4-3-7-14-12(9)10/h3-8,11H,2,13H2,1H3/b10-8+. The molecule has 1 aromatic heterocycles. The molecule has 2 N–H and O–H groups in total. The first-order valence-corrected chi connectivity index (χ1v) is 4.92. The minimum Gasteiger partial charge on any atom is -0.324 e. The molecule has 1 unspecified atom stereocenters. The molecule has 2 rings (SSSR count). The molecule has 0 saturated carbocycles. The van der Waals surface area contributed by atoms with Crippen LogP contribution in [0.15, 0.2) is 30.5 Å². The number of pyridine rings is 1. The lowest BCUT2D eigenvalue weighted by atomic mass is 10.1. The minimum absolute atomic E-state index is 0.127. The molecule has 1 aliphatic rings. The van der Waals surface area contributed by atoms with Crippen LogP contribution in [0.2, 0.25) is 0 Å². The lowest BCUT2D eigenvalue weighted by Crippen LogP contribution is -2.15. The summed E-state index contributed by atoms with van der Waals surface area (Å²) in [6.07, 6.45) is 9.01. The number of nitrogens with zero attached hydrogens (tertiary/aromatic N) is 1.